The molecule has 13 heavy (non-hydrogen) atoms. The van der Waals surface area contributed by atoms with Gasteiger partial charge in [-0.05, 0) is 0 Å². The Morgan fingerprint density at radius 2 is 1.92 bits per heavy atom. The van der Waals surface area contributed by atoms with E-state index in [9.17, 15) is 4.79 Å². The minimum Gasteiger partial charge on any atom is -0.339 e. The first kappa shape index (κ1) is 10.8. The number of nitrogens with two attached hydrogens (primary N) is 1. The summed E-state index contributed by atoms with van der Waals surface area (Å²) in [5.74, 6) is 0.130. The second kappa shape index (κ2) is 5.42. The van der Waals surface area contributed by atoms with Crippen LogP contribution in [0.4, 0.5) is 0 Å². The zero-order chi connectivity index (χ0) is 9.68. The highest BCUT2D eigenvalue weighted by Crippen LogP contribution is 2.01. The Bertz CT molecular complexity index is 169. The first-order chi connectivity index (χ1) is 6.27. The van der Waals surface area contributed by atoms with Crippen LogP contribution in [0.15, 0.2) is 0 Å². The van der Waals surface area contributed by atoms with Crippen molar-refractivity contribution in [1.29, 1.82) is 0 Å². The second-order valence-electron chi connectivity index (χ2n) is 3.14. The van der Waals surface area contributed by atoms with Crippen molar-refractivity contribution < 1.29 is 4.79 Å². The van der Waals surface area contributed by atoms with Gasteiger partial charge in [0.25, 0.3) is 0 Å². The zero-order valence-corrected chi connectivity index (χ0v) is 8.46. The minimum absolute atomic E-state index is 0.0362. The number of carbonyl (C=O) groups excluding carboxylic acids is 1. The highest BCUT2D eigenvalue weighted by molar-refractivity contribution is 6.27. The van der Waals surface area contributed by atoms with E-state index in [1.807, 2.05) is 0 Å². The third kappa shape index (κ3) is 3.14. The van der Waals surface area contributed by atoms with Crippen LogP contribution < -0.4 is 5.73 Å². The summed E-state index contributed by atoms with van der Waals surface area (Å²) in [6.45, 7) is 5.00. The van der Waals surface area contributed by atoms with Crippen LogP contribution in [-0.4, -0.2) is 60.9 Å². The quantitative estimate of drug-likeness (QED) is 0.622. The Morgan fingerprint density at radius 3 is 2.38 bits per heavy atom. The van der Waals surface area contributed by atoms with Crippen molar-refractivity contribution in [2.45, 2.75) is 0 Å². The zero-order valence-electron chi connectivity index (χ0n) is 7.71. The lowest BCUT2D eigenvalue weighted by atomic mass is 10.3. The SMILES string of the molecule is NCCN1CCN(C(=O)CCl)CC1. The number of alkyl halides is 1. The van der Waals surface area contributed by atoms with Gasteiger partial charge >= 0.3 is 0 Å². The average Bonchev–Trinajstić information content (AvgIpc) is 2.18. The summed E-state index contributed by atoms with van der Waals surface area (Å²) in [6, 6.07) is 0. The van der Waals surface area contributed by atoms with Crippen LogP contribution in [0.25, 0.3) is 0 Å². The van der Waals surface area contributed by atoms with Crippen molar-refractivity contribution in [3.8, 4) is 0 Å². The Hall–Kier alpha value is -0.320. The Morgan fingerprint density at radius 1 is 1.31 bits per heavy atom. The molecule has 0 aromatic heterocycles. The maximum Gasteiger partial charge on any atom is 0.237 e. The number of hydrogen-bond donors (Lipinski definition) is 1. The van der Waals surface area contributed by atoms with E-state index in [1.165, 1.54) is 0 Å². The van der Waals surface area contributed by atoms with Gasteiger partial charge in [-0.25, -0.2) is 0 Å². The summed E-state index contributed by atoms with van der Waals surface area (Å²) in [5, 5.41) is 0. The van der Waals surface area contributed by atoms with Gasteiger partial charge in [0.15, 0.2) is 0 Å². The molecule has 1 amide bonds. The van der Waals surface area contributed by atoms with Gasteiger partial charge in [-0.1, -0.05) is 0 Å². The molecule has 0 atom stereocenters. The fourth-order valence-corrected chi connectivity index (χ4v) is 1.66. The molecule has 1 heterocycles. The molecule has 0 saturated carbocycles. The van der Waals surface area contributed by atoms with Crippen LogP contribution in [0.3, 0.4) is 0 Å². The lowest BCUT2D eigenvalue weighted by Crippen LogP contribution is -2.50. The Balaban J connectivity index is 2.26. The molecule has 0 aliphatic carbocycles. The van der Waals surface area contributed by atoms with E-state index in [1.54, 1.807) is 4.90 Å². The van der Waals surface area contributed by atoms with E-state index in [2.05, 4.69) is 4.90 Å². The highest BCUT2D eigenvalue weighted by atomic mass is 35.5. The normalized spacial score (nSPS) is 19.1. The van der Waals surface area contributed by atoms with Gasteiger partial charge in [-0.15, -0.1) is 11.6 Å². The lowest BCUT2D eigenvalue weighted by molar-refractivity contribution is -0.130. The number of rotatable bonds is 3. The van der Waals surface area contributed by atoms with E-state index in [-0.39, 0.29) is 11.8 Å². The van der Waals surface area contributed by atoms with Gasteiger partial charge in [0.2, 0.25) is 5.91 Å². The van der Waals surface area contributed by atoms with E-state index in [0.29, 0.717) is 6.54 Å². The molecule has 0 spiro atoms. The molecule has 0 unspecified atom stereocenters. The smallest absolute Gasteiger partial charge is 0.237 e. The molecular weight excluding hydrogens is 190 g/mol. The molecule has 0 aromatic carbocycles. The molecule has 4 nitrogen and oxygen atoms in total. The number of carbonyl (C=O) groups is 1. The summed E-state index contributed by atoms with van der Waals surface area (Å²) < 4.78 is 0. The van der Waals surface area contributed by atoms with Crippen molar-refractivity contribution in [1.82, 2.24) is 9.80 Å². The van der Waals surface area contributed by atoms with Crippen molar-refractivity contribution in [3.05, 3.63) is 0 Å². The molecule has 0 bridgehead atoms. The molecule has 5 heteroatoms. The van der Waals surface area contributed by atoms with Crippen LogP contribution >= 0.6 is 11.6 Å². The minimum atomic E-state index is 0.0362. The van der Waals surface area contributed by atoms with E-state index in [0.717, 1.165) is 32.7 Å². The standard InChI is InChI=1S/C8H16ClN3O/c9-7-8(13)12-5-3-11(2-1-10)4-6-12/h1-7,10H2. The molecule has 1 fully saturated rings. The summed E-state index contributed by atoms with van der Waals surface area (Å²) in [4.78, 5) is 15.2. The molecule has 1 aliphatic rings. The first-order valence-corrected chi connectivity index (χ1v) is 5.07. The third-order valence-corrected chi connectivity index (χ3v) is 2.51. The maximum absolute atomic E-state index is 11.2. The van der Waals surface area contributed by atoms with Crippen molar-refractivity contribution in [3.63, 3.8) is 0 Å². The molecule has 1 rings (SSSR count). The molecule has 0 radical (unpaired) electrons. The van der Waals surface area contributed by atoms with Crippen LogP contribution in [0.2, 0.25) is 0 Å². The van der Waals surface area contributed by atoms with Gasteiger partial charge in [0.1, 0.15) is 5.88 Å². The fourth-order valence-electron chi connectivity index (χ4n) is 1.49. The molecule has 2 N–H and O–H groups in total. The Kier molecular flexibility index (Phi) is 4.48. The van der Waals surface area contributed by atoms with Gasteiger partial charge in [-0.2, -0.15) is 0 Å². The highest BCUT2D eigenvalue weighted by Gasteiger charge is 2.19. The van der Waals surface area contributed by atoms with Crippen molar-refractivity contribution >= 4 is 17.5 Å². The van der Waals surface area contributed by atoms with Crippen molar-refractivity contribution in [2.24, 2.45) is 5.73 Å². The maximum atomic E-state index is 11.2. The monoisotopic (exact) mass is 205 g/mol. The van der Waals surface area contributed by atoms with E-state index < -0.39 is 0 Å². The number of amides is 1. The van der Waals surface area contributed by atoms with E-state index in [4.69, 9.17) is 17.3 Å². The van der Waals surface area contributed by atoms with Gasteiger partial charge < -0.3 is 10.6 Å². The molecule has 1 aliphatic heterocycles. The predicted octanol–water partition coefficient (Wildman–Crippen LogP) is -0.672. The summed E-state index contributed by atoms with van der Waals surface area (Å²) in [6.07, 6.45) is 0. The van der Waals surface area contributed by atoms with Crippen LogP contribution in [0.1, 0.15) is 0 Å². The number of nitrogens with zero attached hydrogens (tertiary/aromatic N) is 2. The Labute approximate surface area is 83.6 Å². The van der Waals surface area contributed by atoms with Crippen LogP contribution in [-0.2, 0) is 4.79 Å². The summed E-state index contributed by atoms with van der Waals surface area (Å²) >= 11 is 5.46. The number of hydrogen-bond acceptors (Lipinski definition) is 3. The van der Waals surface area contributed by atoms with Gasteiger partial charge in [0.05, 0.1) is 0 Å². The molecular formula is C8H16ClN3O. The average molecular weight is 206 g/mol. The van der Waals surface area contributed by atoms with Gasteiger partial charge in [-0.3, -0.25) is 9.69 Å². The predicted molar refractivity (Wildman–Crippen MR) is 52.8 cm³/mol. The van der Waals surface area contributed by atoms with Crippen LogP contribution in [0.5, 0.6) is 0 Å². The van der Waals surface area contributed by atoms with Crippen molar-refractivity contribution in [2.75, 3.05) is 45.1 Å². The van der Waals surface area contributed by atoms with E-state index >= 15 is 0 Å². The topological polar surface area (TPSA) is 49.6 Å². The number of piperazine rings is 1. The van der Waals surface area contributed by atoms with Crippen LogP contribution in [0, 0.1) is 0 Å². The third-order valence-electron chi connectivity index (χ3n) is 2.28. The second-order valence-corrected chi connectivity index (χ2v) is 3.41. The lowest BCUT2D eigenvalue weighted by Gasteiger charge is -2.34. The fraction of sp³-hybridized carbons (Fsp3) is 0.875. The largest absolute Gasteiger partial charge is 0.339 e. The molecule has 0 aromatic rings. The molecule has 76 valence electrons. The molecule has 1 saturated heterocycles. The summed E-state index contributed by atoms with van der Waals surface area (Å²) in [5.41, 5.74) is 5.44. The first-order valence-electron chi connectivity index (χ1n) is 4.54. The summed E-state index contributed by atoms with van der Waals surface area (Å²) in [7, 11) is 0. The number of halogens is 1. The van der Waals surface area contributed by atoms with Gasteiger partial charge in [0, 0.05) is 39.3 Å².